The lowest BCUT2D eigenvalue weighted by Gasteiger charge is -2.15. The number of ether oxygens (including phenoxy) is 1. The number of aryl methyl sites for hydroxylation is 1. The second kappa shape index (κ2) is 8.06. The van der Waals surface area contributed by atoms with Crippen molar-refractivity contribution in [2.24, 2.45) is 0 Å². The molecule has 0 unspecified atom stereocenters. The van der Waals surface area contributed by atoms with Crippen LogP contribution in [0.4, 0.5) is 5.69 Å². The highest BCUT2D eigenvalue weighted by atomic mass is 32.2. The smallest absolute Gasteiger partial charge is 0.374 e. The molecule has 3 aromatic rings. The van der Waals surface area contributed by atoms with Gasteiger partial charge in [0.25, 0.3) is 5.91 Å². The van der Waals surface area contributed by atoms with Crippen molar-refractivity contribution in [3.8, 4) is 0 Å². The summed E-state index contributed by atoms with van der Waals surface area (Å²) in [6, 6.07) is 13.2. The third-order valence-electron chi connectivity index (χ3n) is 4.19. The van der Waals surface area contributed by atoms with Crippen molar-refractivity contribution >= 4 is 38.6 Å². The second-order valence-corrected chi connectivity index (χ2v) is 8.66. The molecule has 8 nitrogen and oxygen atoms in total. The van der Waals surface area contributed by atoms with Gasteiger partial charge < -0.3 is 14.5 Å². The normalized spacial score (nSPS) is 11.6. The molecule has 29 heavy (non-hydrogen) atoms. The summed E-state index contributed by atoms with van der Waals surface area (Å²) in [6.45, 7) is 1.12. The number of para-hydroxylation sites is 1. The van der Waals surface area contributed by atoms with Crippen molar-refractivity contribution < 1.29 is 27.2 Å². The molecule has 0 aliphatic rings. The summed E-state index contributed by atoms with van der Waals surface area (Å²) in [5, 5.41) is 3.27. The van der Waals surface area contributed by atoms with E-state index in [-0.39, 0.29) is 16.3 Å². The van der Waals surface area contributed by atoms with E-state index in [9.17, 15) is 18.0 Å². The largest absolute Gasteiger partial charge is 0.450 e. The van der Waals surface area contributed by atoms with Crippen molar-refractivity contribution in [3.63, 3.8) is 0 Å². The molecule has 3 rings (SSSR count). The molecule has 0 atom stereocenters. The van der Waals surface area contributed by atoms with Gasteiger partial charge in [-0.15, -0.1) is 0 Å². The Bertz CT molecular complexity index is 1150. The number of carbonyl (C=O) groups excluding carboxylic acids is 2. The summed E-state index contributed by atoms with van der Waals surface area (Å²) < 4.78 is 36.2. The molecular formula is C20H20N2O6S. The summed E-state index contributed by atoms with van der Waals surface area (Å²) in [5.41, 5.74) is 1.37. The Kier molecular flexibility index (Phi) is 5.71. The highest BCUT2D eigenvalue weighted by Gasteiger charge is 2.21. The molecular weight excluding hydrogens is 396 g/mol. The molecule has 0 aliphatic carbocycles. The summed E-state index contributed by atoms with van der Waals surface area (Å²) in [5.74, 6) is -1.38. The Morgan fingerprint density at radius 3 is 2.52 bits per heavy atom. The van der Waals surface area contributed by atoms with Gasteiger partial charge in [-0.25, -0.2) is 17.5 Å². The number of carbonyl (C=O) groups is 2. The number of amides is 1. The van der Waals surface area contributed by atoms with E-state index in [4.69, 9.17) is 9.15 Å². The molecule has 0 spiro atoms. The fourth-order valence-electron chi connectivity index (χ4n) is 2.63. The maximum atomic E-state index is 12.4. The predicted molar refractivity (Wildman–Crippen MR) is 107 cm³/mol. The number of anilines is 1. The third kappa shape index (κ3) is 4.47. The van der Waals surface area contributed by atoms with Gasteiger partial charge in [-0.3, -0.25) is 4.79 Å². The average Bonchev–Trinajstić information content (AvgIpc) is 3.11. The zero-order valence-corrected chi connectivity index (χ0v) is 16.9. The summed E-state index contributed by atoms with van der Waals surface area (Å²) in [6.07, 6.45) is 0. The quantitative estimate of drug-likeness (QED) is 0.620. The first kappa shape index (κ1) is 20.6. The minimum absolute atomic E-state index is 0.00583. The van der Waals surface area contributed by atoms with Crippen LogP contribution in [0.5, 0.6) is 0 Å². The lowest BCUT2D eigenvalue weighted by atomic mass is 10.2. The molecule has 2 aromatic carbocycles. The van der Waals surface area contributed by atoms with E-state index in [0.717, 1.165) is 9.69 Å². The van der Waals surface area contributed by atoms with Crippen LogP contribution in [0, 0.1) is 6.92 Å². The fourth-order valence-corrected chi connectivity index (χ4v) is 3.78. The molecule has 0 radical (unpaired) electrons. The Balaban J connectivity index is 1.65. The van der Waals surface area contributed by atoms with E-state index in [1.807, 2.05) is 6.07 Å². The second-order valence-electron chi connectivity index (χ2n) is 6.54. The zero-order valence-electron chi connectivity index (χ0n) is 16.1. The first-order chi connectivity index (χ1) is 13.7. The first-order valence-electron chi connectivity index (χ1n) is 8.67. The lowest BCUT2D eigenvalue weighted by Crippen LogP contribution is -2.24. The molecule has 1 heterocycles. The van der Waals surface area contributed by atoms with Crippen molar-refractivity contribution in [2.75, 3.05) is 26.0 Å². The minimum atomic E-state index is -3.66. The number of hydrogen-bond donors (Lipinski definition) is 1. The zero-order chi connectivity index (χ0) is 21.2. The molecule has 0 saturated heterocycles. The van der Waals surface area contributed by atoms with E-state index in [1.54, 1.807) is 37.3 Å². The number of fused-ring (bicyclic) bond motifs is 1. The Labute approximate surface area is 168 Å². The lowest BCUT2D eigenvalue weighted by molar-refractivity contribution is -0.119. The van der Waals surface area contributed by atoms with Gasteiger partial charge in [0.2, 0.25) is 15.8 Å². The van der Waals surface area contributed by atoms with E-state index in [1.165, 1.54) is 26.2 Å². The first-order valence-corrected chi connectivity index (χ1v) is 10.1. The number of rotatable bonds is 6. The maximum absolute atomic E-state index is 12.4. The maximum Gasteiger partial charge on any atom is 0.374 e. The molecule has 1 N–H and O–H groups in total. The van der Waals surface area contributed by atoms with Crippen LogP contribution in [-0.4, -0.2) is 45.3 Å². The Morgan fingerprint density at radius 2 is 1.83 bits per heavy atom. The molecule has 0 saturated carbocycles. The molecule has 1 aromatic heterocycles. The van der Waals surface area contributed by atoms with Crippen molar-refractivity contribution in [1.29, 1.82) is 0 Å². The predicted octanol–water partition coefficient (Wildman–Crippen LogP) is 2.79. The summed E-state index contributed by atoms with van der Waals surface area (Å²) in [4.78, 5) is 24.3. The summed E-state index contributed by atoms with van der Waals surface area (Å²) in [7, 11) is -0.800. The van der Waals surface area contributed by atoms with Gasteiger partial charge in [-0.2, -0.15) is 0 Å². The van der Waals surface area contributed by atoms with Gasteiger partial charge in [0.05, 0.1) is 4.90 Å². The summed E-state index contributed by atoms with van der Waals surface area (Å²) >= 11 is 0. The van der Waals surface area contributed by atoms with Gasteiger partial charge in [0.1, 0.15) is 5.58 Å². The fraction of sp³-hybridized carbons (Fsp3) is 0.200. The number of esters is 1. The molecule has 9 heteroatoms. The topological polar surface area (TPSA) is 106 Å². The Morgan fingerprint density at radius 1 is 1.10 bits per heavy atom. The monoisotopic (exact) mass is 416 g/mol. The Hall–Kier alpha value is -3.17. The SMILES string of the molecule is Cc1ccc(NC(=O)COC(=O)c2cc3ccccc3o2)cc1S(=O)(=O)N(C)C. The van der Waals surface area contributed by atoms with Crippen LogP contribution in [0.15, 0.2) is 57.8 Å². The molecule has 152 valence electrons. The van der Waals surface area contributed by atoms with Gasteiger partial charge in [0.15, 0.2) is 6.61 Å². The van der Waals surface area contributed by atoms with E-state index < -0.39 is 28.5 Å². The minimum Gasteiger partial charge on any atom is -0.450 e. The van der Waals surface area contributed by atoms with Crippen LogP contribution in [-0.2, 0) is 19.6 Å². The van der Waals surface area contributed by atoms with Crippen LogP contribution < -0.4 is 5.32 Å². The average molecular weight is 416 g/mol. The van der Waals surface area contributed by atoms with E-state index >= 15 is 0 Å². The standard InChI is InChI=1S/C20H20N2O6S/c1-13-8-9-15(11-18(13)29(25,26)22(2)3)21-19(23)12-27-20(24)17-10-14-6-4-5-7-16(14)28-17/h4-11H,12H2,1-3H3,(H,21,23). The number of benzene rings is 2. The number of nitrogens with zero attached hydrogens (tertiary/aromatic N) is 1. The number of hydrogen-bond acceptors (Lipinski definition) is 6. The molecule has 0 fully saturated rings. The highest BCUT2D eigenvalue weighted by Crippen LogP contribution is 2.23. The van der Waals surface area contributed by atoms with Crippen molar-refractivity contribution in [3.05, 3.63) is 59.9 Å². The third-order valence-corrected chi connectivity index (χ3v) is 6.15. The van der Waals surface area contributed by atoms with Crippen LogP contribution >= 0.6 is 0 Å². The van der Waals surface area contributed by atoms with Crippen LogP contribution in [0.2, 0.25) is 0 Å². The van der Waals surface area contributed by atoms with Crippen LogP contribution in [0.3, 0.4) is 0 Å². The van der Waals surface area contributed by atoms with Gasteiger partial charge >= 0.3 is 5.97 Å². The molecule has 0 bridgehead atoms. The number of sulfonamides is 1. The van der Waals surface area contributed by atoms with E-state index in [2.05, 4.69) is 5.32 Å². The van der Waals surface area contributed by atoms with Crippen LogP contribution in [0.1, 0.15) is 16.1 Å². The van der Waals surface area contributed by atoms with Gasteiger partial charge in [0, 0.05) is 25.2 Å². The number of furan rings is 1. The van der Waals surface area contributed by atoms with Crippen LogP contribution in [0.25, 0.3) is 11.0 Å². The van der Waals surface area contributed by atoms with E-state index in [0.29, 0.717) is 11.1 Å². The van der Waals surface area contributed by atoms with Crippen molar-refractivity contribution in [2.45, 2.75) is 11.8 Å². The van der Waals surface area contributed by atoms with Gasteiger partial charge in [-0.1, -0.05) is 24.3 Å². The van der Waals surface area contributed by atoms with Gasteiger partial charge in [-0.05, 0) is 36.8 Å². The van der Waals surface area contributed by atoms with Crippen molar-refractivity contribution in [1.82, 2.24) is 4.31 Å². The number of nitrogens with one attached hydrogen (secondary N) is 1. The highest BCUT2D eigenvalue weighted by molar-refractivity contribution is 7.89. The molecule has 1 amide bonds. The molecule has 0 aliphatic heterocycles.